The first-order chi connectivity index (χ1) is 14.5. The number of carbonyl (C=O) groups excluding carboxylic acids is 1. The maximum absolute atomic E-state index is 13.0. The summed E-state index contributed by atoms with van der Waals surface area (Å²) in [6.07, 6.45) is 3.43. The van der Waals surface area contributed by atoms with Crippen molar-refractivity contribution in [1.82, 2.24) is 24.3 Å². The third-order valence-electron chi connectivity index (χ3n) is 5.52. The second-order valence-electron chi connectivity index (χ2n) is 7.70. The molecule has 158 valence electrons. The van der Waals surface area contributed by atoms with Gasteiger partial charge in [0.25, 0.3) is 11.5 Å². The highest BCUT2D eigenvalue weighted by Crippen LogP contribution is 2.27. The first kappa shape index (κ1) is 20.5. The van der Waals surface area contributed by atoms with Crippen LogP contribution in [0.4, 0.5) is 5.82 Å². The number of hydrogen-bond donors (Lipinski definition) is 0. The van der Waals surface area contributed by atoms with Crippen molar-refractivity contribution in [1.29, 1.82) is 0 Å². The van der Waals surface area contributed by atoms with Gasteiger partial charge in [-0.3, -0.25) is 19.1 Å². The molecule has 0 bridgehead atoms. The van der Waals surface area contributed by atoms with Crippen molar-refractivity contribution in [3.8, 4) is 0 Å². The number of anilines is 1. The van der Waals surface area contributed by atoms with Gasteiger partial charge >= 0.3 is 0 Å². The van der Waals surface area contributed by atoms with E-state index in [1.807, 2.05) is 31.3 Å². The van der Waals surface area contributed by atoms with E-state index < -0.39 is 0 Å². The topological polar surface area (TPSA) is 74.6 Å². The van der Waals surface area contributed by atoms with Crippen LogP contribution in [0.15, 0.2) is 35.5 Å². The lowest BCUT2D eigenvalue weighted by Crippen LogP contribution is -2.47. The van der Waals surface area contributed by atoms with E-state index in [9.17, 15) is 9.59 Å². The summed E-state index contributed by atoms with van der Waals surface area (Å²) in [6.45, 7) is 6.90. The van der Waals surface area contributed by atoms with Crippen molar-refractivity contribution >= 4 is 33.3 Å². The van der Waals surface area contributed by atoms with Crippen molar-refractivity contribution in [2.24, 2.45) is 0 Å². The van der Waals surface area contributed by atoms with Crippen LogP contribution in [0.5, 0.6) is 0 Å². The van der Waals surface area contributed by atoms with Crippen LogP contribution in [0, 0.1) is 6.92 Å². The lowest BCUT2D eigenvalue weighted by Gasteiger charge is -2.35. The molecule has 8 nitrogen and oxygen atoms in total. The molecule has 0 N–H and O–H groups in total. The molecule has 0 aromatic carbocycles. The number of hydrogen-bond acceptors (Lipinski definition) is 7. The van der Waals surface area contributed by atoms with Gasteiger partial charge in [-0.05, 0) is 24.6 Å². The fraction of sp³-hybridized carbons (Fsp3) is 0.429. The number of thiophene rings is 1. The molecule has 0 saturated carbocycles. The van der Waals surface area contributed by atoms with Crippen LogP contribution in [-0.2, 0) is 6.54 Å². The van der Waals surface area contributed by atoms with Gasteiger partial charge in [0.1, 0.15) is 10.6 Å². The van der Waals surface area contributed by atoms with Crippen molar-refractivity contribution in [3.63, 3.8) is 0 Å². The zero-order chi connectivity index (χ0) is 21.3. The minimum atomic E-state index is -0.0905. The van der Waals surface area contributed by atoms with Gasteiger partial charge < -0.3 is 9.80 Å². The predicted molar refractivity (Wildman–Crippen MR) is 120 cm³/mol. The molecule has 0 spiro atoms. The van der Waals surface area contributed by atoms with Crippen molar-refractivity contribution in [3.05, 3.63) is 51.5 Å². The molecule has 4 rings (SSSR count). The number of aryl methyl sites for hydroxylation is 1. The van der Waals surface area contributed by atoms with Gasteiger partial charge in [-0.15, -0.1) is 11.3 Å². The number of rotatable bonds is 5. The Kier molecular flexibility index (Phi) is 5.83. The summed E-state index contributed by atoms with van der Waals surface area (Å²) in [7, 11) is 3.43. The number of carbonyl (C=O) groups is 1. The lowest BCUT2D eigenvalue weighted by molar-refractivity contribution is 0.0831. The van der Waals surface area contributed by atoms with Crippen molar-refractivity contribution in [2.75, 3.05) is 51.7 Å². The molecule has 4 heterocycles. The van der Waals surface area contributed by atoms with Crippen LogP contribution in [0.2, 0.25) is 0 Å². The fourth-order valence-corrected chi connectivity index (χ4v) is 4.88. The highest BCUT2D eigenvalue weighted by atomic mass is 32.1. The molecule has 0 radical (unpaired) electrons. The third kappa shape index (κ3) is 3.95. The molecule has 9 heteroatoms. The van der Waals surface area contributed by atoms with E-state index in [-0.39, 0.29) is 11.5 Å². The Morgan fingerprint density at radius 3 is 2.57 bits per heavy atom. The average Bonchev–Trinajstić information content (AvgIpc) is 3.10. The number of pyridine rings is 1. The summed E-state index contributed by atoms with van der Waals surface area (Å²) in [5.74, 6) is 0.922. The Bertz CT molecular complexity index is 1100. The van der Waals surface area contributed by atoms with Crippen LogP contribution >= 0.6 is 11.3 Å². The van der Waals surface area contributed by atoms with Gasteiger partial charge in [0.2, 0.25) is 0 Å². The summed E-state index contributed by atoms with van der Waals surface area (Å²) < 4.78 is 1.66. The molecular formula is C21H26N6O2S. The fourth-order valence-electron chi connectivity index (χ4n) is 3.72. The molecule has 1 fully saturated rings. The number of amides is 1. The smallest absolute Gasteiger partial charge is 0.263 e. The van der Waals surface area contributed by atoms with Crippen LogP contribution in [0.3, 0.4) is 0 Å². The summed E-state index contributed by atoms with van der Waals surface area (Å²) >= 11 is 1.29. The molecule has 3 aromatic rings. The van der Waals surface area contributed by atoms with Gasteiger partial charge in [-0.1, -0.05) is 6.07 Å². The quantitative estimate of drug-likeness (QED) is 0.618. The van der Waals surface area contributed by atoms with E-state index in [4.69, 9.17) is 0 Å². The Hall–Kier alpha value is -2.78. The minimum Gasteiger partial charge on any atom is -0.354 e. The molecule has 1 aliphatic heterocycles. The molecule has 1 amide bonds. The Morgan fingerprint density at radius 1 is 1.13 bits per heavy atom. The Balaban J connectivity index is 1.44. The maximum Gasteiger partial charge on any atom is 0.263 e. The van der Waals surface area contributed by atoms with Crippen LogP contribution in [0.1, 0.15) is 15.2 Å². The van der Waals surface area contributed by atoms with Gasteiger partial charge in [0.05, 0.1) is 16.6 Å². The number of piperazine rings is 1. The molecule has 0 atom stereocenters. The SMILES string of the molecule is Cc1c(C(=O)N(C)C)sc2ncn(CCN3CCN(c4ccccn4)CC3)c(=O)c12. The molecule has 0 aliphatic carbocycles. The summed E-state index contributed by atoms with van der Waals surface area (Å²) in [5.41, 5.74) is 0.656. The van der Waals surface area contributed by atoms with E-state index in [2.05, 4.69) is 19.8 Å². The maximum atomic E-state index is 13.0. The first-order valence-corrected chi connectivity index (χ1v) is 10.9. The number of aromatic nitrogens is 3. The summed E-state index contributed by atoms with van der Waals surface area (Å²) in [6, 6.07) is 5.97. The first-order valence-electron chi connectivity index (χ1n) is 10.0. The van der Waals surface area contributed by atoms with Crippen LogP contribution in [-0.4, -0.2) is 77.1 Å². The normalized spacial score (nSPS) is 15.0. The van der Waals surface area contributed by atoms with E-state index in [1.54, 1.807) is 25.0 Å². The van der Waals surface area contributed by atoms with E-state index in [0.29, 0.717) is 21.6 Å². The van der Waals surface area contributed by atoms with Gasteiger partial charge in [-0.25, -0.2) is 9.97 Å². The van der Waals surface area contributed by atoms with Gasteiger partial charge in [0, 0.05) is 59.6 Å². The molecule has 3 aromatic heterocycles. The predicted octanol–water partition coefficient (Wildman–Crippen LogP) is 1.69. The molecule has 1 saturated heterocycles. The second kappa shape index (κ2) is 8.53. The zero-order valence-electron chi connectivity index (χ0n) is 17.5. The Morgan fingerprint density at radius 2 is 1.90 bits per heavy atom. The number of fused-ring (bicyclic) bond motifs is 1. The van der Waals surface area contributed by atoms with Crippen LogP contribution < -0.4 is 10.5 Å². The monoisotopic (exact) mass is 426 g/mol. The molecule has 0 unspecified atom stereocenters. The largest absolute Gasteiger partial charge is 0.354 e. The minimum absolute atomic E-state index is 0.0707. The van der Waals surface area contributed by atoms with Gasteiger partial charge in [0.15, 0.2) is 0 Å². The highest BCUT2D eigenvalue weighted by molar-refractivity contribution is 7.20. The van der Waals surface area contributed by atoms with Crippen molar-refractivity contribution < 1.29 is 4.79 Å². The lowest BCUT2D eigenvalue weighted by atomic mass is 10.2. The van der Waals surface area contributed by atoms with Gasteiger partial charge in [-0.2, -0.15) is 0 Å². The highest BCUT2D eigenvalue weighted by Gasteiger charge is 2.21. The van der Waals surface area contributed by atoms with E-state index in [1.165, 1.54) is 16.2 Å². The average molecular weight is 427 g/mol. The standard InChI is InChI=1S/C21H26N6O2S/c1-15-17-19(30-18(15)21(29)24(2)3)23-14-27(20(17)28)13-10-25-8-11-26(12-9-25)16-6-4-5-7-22-16/h4-7,14H,8-13H2,1-3H3. The Labute approximate surface area is 179 Å². The van der Waals surface area contributed by atoms with Crippen LogP contribution in [0.25, 0.3) is 10.2 Å². The molecular weight excluding hydrogens is 400 g/mol. The summed E-state index contributed by atoms with van der Waals surface area (Å²) in [5, 5.41) is 0.563. The van der Waals surface area contributed by atoms with E-state index in [0.717, 1.165) is 44.1 Å². The second-order valence-corrected chi connectivity index (χ2v) is 8.69. The molecule has 1 aliphatic rings. The zero-order valence-corrected chi connectivity index (χ0v) is 18.4. The third-order valence-corrected chi connectivity index (χ3v) is 6.71. The summed E-state index contributed by atoms with van der Waals surface area (Å²) in [4.78, 5) is 41.7. The van der Waals surface area contributed by atoms with Crippen molar-refractivity contribution in [2.45, 2.75) is 13.5 Å². The number of nitrogens with zero attached hydrogens (tertiary/aromatic N) is 6. The van der Waals surface area contributed by atoms with E-state index >= 15 is 0 Å². The molecule has 30 heavy (non-hydrogen) atoms.